The zero-order chi connectivity index (χ0) is 24.5. The van der Waals surface area contributed by atoms with E-state index < -0.39 is 18.4 Å². The molecule has 0 spiro atoms. The fraction of sp³-hybridized carbons (Fsp3) is 0.0435. The van der Waals surface area contributed by atoms with Crippen LogP contribution in [-0.2, 0) is 4.79 Å². The fourth-order valence-corrected chi connectivity index (χ4v) is 3.60. The molecule has 0 aliphatic rings. The molecule has 7 nitrogen and oxygen atoms in total. The van der Waals surface area contributed by atoms with Crippen LogP contribution in [0.25, 0.3) is 0 Å². The second-order valence-electron chi connectivity index (χ2n) is 6.55. The molecule has 0 aliphatic carbocycles. The highest BCUT2D eigenvalue weighted by molar-refractivity contribution is 6.39. The third-order valence-corrected chi connectivity index (χ3v) is 5.55. The van der Waals surface area contributed by atoms with Crippen molar-refractivity contribution in [2.75, 3.05) is 6.61 Å². The number of rotatable bonds is 8. The Morgan fingerprint density at radius 2 is 1.24 bits per heavy atom. The molecule has 0 heterocycles. The lowest BCUT2D eigenvalue weighted by atomic mass is 10.2. The minimum absolute atomic E-state index is 0.170. The first-order valence-corrected chi connectivity index (χ1v) is 11.1. The molecule has 0 bridgehead atoms. The van der Waals surface area contributed by atoms with Gasteiger partial charge in [-0.2, -0.15) is 10.2 Å². The maximum Gasteiger partial charge on any atom is 0.277 e. The summed E-state index contributed by atoms with van der Waals surface area (Å²) < 4.78 is 5.48. The third-order valence-electron chi connectivity index (χ3n) is 4.23. The summed E-state index contributed by atoms with van der Waals surface area (Å²) in [7, 11) is 0. The Balaban J connectivity index is 1.58. The number of halogens is 4. The molecule has 174 valence electrons. The molecular formula is C23H16Cl4N4O3. The van der Waals surface area contributed by atoms with Crippen molar-refractivity contribution in [3.8, 4) is 5.75 Å². The third kappa shape index (κ3) is 6.95. The quantitative estimate of drug-likeness (QED) is 0.289. The number of benzene rings is 3. The van der Waals surface area contributed by atoms with Crippen LogP contribution in [0, 0.1) is 0 Å². The summed E-state index contributed by atoms with van der Waals surface area (Å²) >= 11 is 24.2. The van der Waals surface area contributed by atoms with Crippen LogP contribution in [0.1, 0.15) is 21.5 Å². The molecule has 0 aliphatic heterocycles. The average Bonchev–Trinajstić information content (AvgIpc) is 2.81. The molecule has 0 saturated heterocycles. The van der Waals surface area contributed by atoms with E-state index in [4.69, 9.17) is 51.1 Å². The van der Waals surface area contributed by atoms with Crippen LogP contribution in [0.2, 0.25) is 20.1 Å². The lowest BCUT2D eigenvalue weighted by Crippen LogP contribution is -2.26. The normalized spacial score (nSPS) is 11.1. The molecule has 2 amide bonds. The van der Waals surface area contributed by atoms with Gasteiger partial charge in [0.15, 0.2) is 6.61 Å². The number of ether oxygens (including phenoxy) is 1. The summed E-state index contributed by atoms with van der Waals surface area (Å²) in [5, 5.41) is 9.27. The standard InChI is InChI=1S/C23H16Cl4N4O3/c24-17-6-3-7-18(25)15(17)11-28-30-22(32)13-34-21-10-2-1-5-14(21)23(33)31-29-12-16-19(26)8-4-9-20(16)27/h1-12H,13H2,(H,30,32)(H,31,33)/b28-11+,29-12-. The van der Waals surface area contributed by atoms with E-state index in [1.165, 1.54) is 18.5 Å². The number of nitrogens with one attached hydrogen (secondary N) is 2. The van der Waals surface area contributed by atoms with E-state index in [0.29, 0.717) is 31.2 Å². The second kappa shape index (κ2) is 12.4. The maximum absolute atomic E-state index is 12.5. The van der Waals surface area contributed by atoms with Crippen molar-refractivity contribution < 1.29 is 14.3 Å². The van der Waals surface area contributed by atoms with Gasteiger partial charge in [0.1, 0.15) is 5.75 Å². The molecule has 0 fully saturated rings. The van der Waals surface area contributed by atoms with Crippen LogP contribution in [0.4, 0.5) is 0 Å². The number of carbonyl (C=O) groups is 2. The van der Waals surface area contributed by atoms with E-state index in [-0.39, 0.29) is 11.3 Å². The van der Waals surface area contributed by atoms with Gasteiger partial charge in [0.05, 0.1) is 38.1 Å². The Bertz CT molecular complexity index is 1220. The van der Waals surface area contributed by atoms with Gasteiger partial charge < -0.3 is 4.74 Å². The van der Waals surface area contributed by atoms with Gasteiger partial charge in [0, 0.05) is 11.1 Å². The smallest absolute Gasteiger partial charge is 0.277 e. The lowest BCUT2D eigenvalue weighted by molar-refractivity contribution is -0.123. The van der Waals surface area contributed by atoms with Crippen molar-refractivity contribution in [1.82, 2.24) is 10.9 Å². The highest BCUT2D eigenvalue weighted by Gasteiger charge is 2.13. The summed E-state index contributed by atoms with van der Waals surface area (Å²) in [6, 6.07) is 16.4. The Morgan fingerprint density at radius 1 is 0.735 bits per heavy atom. The molecule has 2 N–H and O–H groups in total. The van der Waals surface area contributed by atoms with Crippen LogP contribution < -0.4 is 15.6 Å². The van der Waals surface area contributed by atoms with Crippen LogP contribution in [0.5, 0.6) is 5.75 Å². The van der Waals surface area contributed by atoms with E-state index in [1.807, 2.05) is 0 Å². The van der Waals surface area contributed by atoms with Gasteiger partial charge in [0.25, 0.3) is 11.8 Å². The number of hydrazone groups is 2. The fourth-order valence-electron chi connectivity index (χ4n) is 2.61. The van der Waals surface area contributed by atoms with E-state index in [2.05, 4.69) is 21.1 Å². The zero-order valence-corrected chi connectivity index (χ0v) is 20.3. The number of para-hydroxylation sites is 1. The number of hydrogen-bond acceptors (Lipinski definition) is 5. The summed E-state index contributed by atoms with van der Waals surface area (Å²) in [5.41, 5.74) is 5.78. The summed E-state index contributed by atoms with van der Waals surface area (Å²) in [6.07, 6.45) is 2.66. The first-order valence-electron chi connectivity index (χ1n) is 9.62. The molecule has 3 rings (SSSR count). The Kier molecular flexibility index (Phi) is 9.30. The monoisotopic (exact) mass is 536 g/mol. The largest absolute Gasteiger partial charge is 0.483 e. The highest BCUT2D eigenvalue weighted by atomic mass is 35.5. The maximum atomic E-state index is 12.5. The first-order chi connectivity index (χ1) is 16.4. The zero-order valence-electron chi connectivity index (χ0n) is 17.3. The minimum atomic E-state index is -0.555. The van der Waals surface area contributed by atoms with Gasteiger partial charge in [0.2, 0.25) is 0 Å². The number of nitrogens with zero attached hydrogens (tertiary/aromatic N) is 2. The molecule has 0 aromatic heterocycles. The van der Waals surface area contributed by atoms with Crippen LogP contribution in [0.3, 0.4) is 0 Å². The summed E-state index contributed by atoms with van der Waals surface area (Å²) in [4.78, 5) is 24.6. The Labute approximate surface area is 215 Å². The van der Waals surface area contributed by atoms with Gasteiger partial charge in [-0.15, -0.1) is 0 Å². The molecule has 3 aromatic rings. The van der Waals surface area contributed by atoms with Gasteiger partial charge in [-0.05, 0) is 36.4 Å². The van der Waals surface area contributed by atoms with Gasteiger partial charge in [-0.1, -0.05) is 70.7 Å². The highest BCUT2D eigenvalue weighted by Crippen LogP contribution is 2.23. The molecule has 3 aromatic carbocycles. The van der Waals surface area contributed by atoms with Crippen LogP contribution in [0.15, 0.2) is 70.9 Å². The summed E-state index contributed by atoms with van der Waals surface area (Å²) in [6.45, 7) is -0.392. The molecule has 0 radical (unpaired) electrons. The van der Waals surface area contributed by atoms with E-state index in [1.54, 1.807) is 54.6 Å². The SMILES string of the molecule is O=C(COc1ccccc1C(=O)N/N=C\c1c(Cl)cccc1Cl)N/N=C/c1c(Cl)cccc1Cl. The topological polar surface area (TPSA) is 92.2 Å². The van der Waals surface area contributed by atoms with Gasteiger partial charge in [-0.3, -0.25) is 9.59 Å². The van der Waals surface area contributed by atoms with Crippen LogP contribution >= 0.6 is 46.4 Å². The molecular weight excluding hydrogens is 522 g/mol. The van der Waals surface area contributed by atoms with Crippen molar-refractivity contribution in [2.45, 2.75) is 0 Å². The van der Waals surface area contributed by atoms with E-state index in [9.17, 15) is 9.59 Å². The Morgan fingerprint density at radius 3 is 1.79 bits per heavy atom. The van der Waals surface area contributed by atoms with Crippen molar-refractivity contribution in [3.05, 3.63) is 97.4 Å². The predicted octanol–water partition coefficient (Wildman–Crippen LogP) is 5.59. The average molecular weight is 538 g/mol. The molecule has 0 unspecified atom stereocenters. The predicted molar refractivity (Wildman–Crippen MR) is 136 cm³/mol. The van der Waals surface area contributed by atoms with Crippen molar-refractivity contribution >= 4 is 70.6 Å². The van der Waals surface area contributed by atoms with Crippen LogP contribution in [-0.4, -0.2) is 30.9 Å². The number of hydrogen-bond donors (Lipinski definition) is 2. The Hall–Kier alpha value is -3.10. The summed E-state index contributed by atoms with van der Waals surface area (Å²) in [5.74, 6) is -0.929. The molecule has 11 heteroatoms. The second-order valence-corrected chi connectivity index (χ2v) is 8.18. The first kappa shape index (κ1) is 25.5. The van der Waals surface area contributed by atoms with Gasteiger partial charge >= 0.3 is 0 Å². The minimum Gasteiger partial charge on any atom is -0.483 e. The van der Waals surface area contributed by atoms with Gasteiger partial charge in [-0.25, -0.2) is 10.9 Å². The molecule has 34 heavy (non-hydrogen) atoms. The van der Waals surface area contributed by atoms with Crippen molar-refractivity contribution in [1.29, 1.82) is 0 Å². The molecule has 0 saturated carbocycles. The van der Waals surface area contributed by atoms with E-state index >= 15 is 0 Å². The lowest BCUT2D eigenvalue weighted by Gasteiger charge is -2.09. The number of amides is 2. The van der Waals surface area contributed by atoms with Crippen molar-refractivity contribution in [2.24, 2.45) is 10.2 Å². The van der Waals surface area contributed by atoms with E-state index in [0.717, 1.165) is 0 Å². The molecule has 0 atom stereocenters. The van der Waals surface area contributed by atoms with Crippen molar-refractivity contribution in [3.63, 3.8) is 0 Å². The number of carbonyl (C=O) groups excluding carboxylic acids is 2.